The fraction of sp³-hybridized carbons (Fsp3) is 0. The average molecular weight is 147 g/mol. The third-order valence-electron chi connectivity index (χ3n) is 1.03. The molecule has 11 heavy (non-hydrogen) atoms. The highest BCUT2D eigenvalue weighted by molar-refractivity contribution is 5.30. The molecule has 2 heteroatoms. The van der Waals surface area contributed by atoms with E-state index in [2.05, 4.69) is 23.4 Å². The molecule has 1 nitrogen and oxygen atoms in total. The van der Waals surface area contributed by atoms with E-state index in [1.165, 1.54) is 18.2 Å². The fourth-order valence-electron chi connectivity index (χ4n) is 0.575. The van der Waals surface area contributed by atoms with Gasteiger partial charge >= 0.3 is 0 Å². The Hall–Kier alpha value is -1.62. The Morgan fingerprint density at radius 3 is 2.91 bits per heavy atom. The molecule has 0 bridgehead atoms. The van der Waals surface area contributed by atoms with E-state index < -0.39 is 0 Å². The summed E-state index contributed by atoms with van der Waals surface area (Å²) in [6, 6.07) is 2.84. The van der Waals surface area contributed by atoms with E-state index in [0.29, 0.717) is 5.69 Å². The molecule has 1 aromatic heterocycles. The smallest absolute Gasteiger partial charge is 0.141 e. The highest BCUT2D eigenvalue weighted by Gasteiger charge is 1.88. The van der Waals surface area contributed by atoms with E-state index >= 15 is 0 Å². The second-order valence-corrected chi connectivity index (χ2v) is 1.84. The van der Waals surface area contributed by atoms with Gasteiger partial charge in [0.1, 0.15) is 11.5 Å². The summed E-state index contributed by atoms with van der Waals surface area (Å²) in [7, 11) is 0. The summed E-state index contributed by atoms with van der Waals surface area (Å²) in [5.74, 6) is 4.94. The normalized spacial score (nSPS) is 8.09. The van der Waals surface area contributed by atoms with Crippen LogP contribution in [0.15, 0.2) is 31.0 Å². The van der Waals surface area contributed by atoms with E-state index in [1.807, 2.05) is 0 Å². The standard InChI is InChI=1S/C9H6FN/c1-2-3-4-9-6-5-8(10)7-11-9/h2,5-7H,1H2. The van der Waals surface area contributed by atoms with Gasteiger partial charge in [0.05, 0.1) is 6.20 Å². The summed E-state index contributed by atoms with van der Waals surface area (Å²) in [5.41, 5.74) is 0.548. The third-order valence-corrected chi connectivity index (χ3v) is 1.03. The Balaban J connectivity index is 2.90. The summed E-state index contributed by atoms with van der Waals surface area (Å²) in [6.07, 6.45) is 2.60. The zero-order valence-electron chi connectivity index (χ0n) is 5.84. The van der Waals surface area contributed by atoms with Crippen molar-refractivity contribution < 1.29 is 4.39 Å². The van der Waals surface area contributed by atoms with Crippen molar-refractivity contribution in [1.82, 2.24) is 4.98 Å². The van der Waals surface area contributed by atoms with E-state index in [4.69, 9.17) is 0 Å². The zero-order chi connectivity index (χ0) is 8.10. The lowest BCUT2D eigenvalue weighted by atomic mass is 10.3. The Morgan fingerprint density at radius 2 is 2.36 bits per heavy atom. The Morgan fingerprint density at radius 1 is 1.55 bits per heavy atom. The van der Waals surface area contributed by atoms with Gasteiger partial charge in [-0.05, 0) is 24.1 Å². The van der Waals surface area contributed by atoms with Crippen molar-refractivity contribution in [2.75, 3.05) is 0 Å². The molecule has 0 fully saturated rings. The molecule has 0 aliphatic carbocycles. The van der Waals surface area contributed by atoms with E-state index in [9.17, 15) is 4.39 Å². The Bertz CT molecular complexity index is 303. The van der Waals surface area contributed by atoms with Crippen molar-refractivity contribution in [1.29, 1.82) is 0 Å². The topological polar surface area (TPSA) is 12.9 Å². The number of nitrogens with zero attached hydrogens (tertiary/aromatic N) is 1. The minimum atomic E-state index is -0.353. The SMILES string of the molecule is C=CC#Cc1ccc(F)cn1. The number of hydrogen-bond donors (Lipinski definition) is 0. The van der Waals surface area contributed by atoms with Gasteiger partial charge in [0.15, 0.2) is 0 Å². The molecule has 54 valence electrons. The minimum absolute atomic E-state index is 0.353. The second-order valence-electron chi connectivity index (χ2n) is 1.84. The predicted octanol–water partition coefficient (Wildman–Crippen LogP) is 1.76. The molecule has 0 aromatic carbocycles. The molecule has 0 spiro atoms. The number of hydrogen-bond acceptors (Lipinski definition) is 1. The number of halogens is 1. The van der Waals surface area contributed by atoms with Gasteiger partial charge in [-0.2, -0.15) is 0 Å². The number of aromatic nitrogens is 1. The van der Waals surface area contributed by atoms with Gasteiger partial charge in [0.25, 0.3) is 0 Å². The van der Waals surface area contributed by atoms with Crippen molar-refractivity contribution in [2.24, 2.45) is 0 Å². The van der Waals surface area contributed by atoms with E-state index in [-0.39, 0.29) is 5.82 Å². The summed E-state index contributed by atoms with van der Waals surface area (Å²) in [6.45, 7) is 3.42. The molecular formula is C9H6FN. The number of pyridine rings is 1. The second kappa shape index (κ2) is 3.52. The summed E-state index contributed by atoms with van der Waals surface area (Å²) in [5, 5.41) is 0. The van der Waals surface area contributed by atoms with Crippen LogP contribution in [0.4, 0.5) is 4.39 Å². The minimum Gasteiger partial charge on any atom is -0.245 e. The molecule has 0 atom stereocenters. The molecule has 0 radical (unpaired) electrons. The lowest BCUT2D eigenvalue weighted by Gasteiger charge is -1.86. The van der Waals surface area contributed by atoms with Gasteiger partial charge in [-0.15, -0.1) is 0 Å². The maximum Gasteiger partial charge on any atom is 0.141 e. The van der Waals surface area contributed by atoms with Crippen LogP contribution in [0.5, 0.6) is 0 Å². The van der Waals surface area contributed by atoms with Crippen LogP contribution in [0, 0.1) is 17.7 Å². The highest BCUT2D eigenvalue weighted by Crippen LogP contribution is 1.95. The number of allylic oxidation sites excluding steroid dienone is 1. The molecule has 0 aliphatic heterocycles. The van der Waals surface area contributed by atoms with Crippen LogP contribution in [0.1, 0.15) is 5.69 Å². The van der Waals surface area contributed by atoms with Crippen LogP contribution < -0.4 is 0 Å². The van der Waals surface area contributed by atoms with Crippen molar-refractivity contribution in [3.63, 3.8) is 0 Å². The van der Waals surface area contributed by atoms with Crippen molar-refractivity contribution >= 4 is 0 Å². The van der Waals surface area contributed by atoms with Gasteiger partial charge < -0.3 is 0 Å². The van der Waals surface area contributed by atoms with Gasteiger partial charge in [0, 0.05) is 0 Å². The monoisotopic (exact) mass is 147 g/mol. The molecule has 0 aliphatic rings. The molecule has 0 amide bonds. The van der Waals surface area contributed by atoms with Crippen molar-refractivity contribution in [3.8, 4) is 11.8 Å². The number of rotatable bonds is 0. The summed E-state index contributed by atoms with van der Waals surface area (Å²) in [4.78, 5) is 3.72. The first-order valence-electron chi connectivity index (χ1n) is 3.07. The maximum absolute atomic E-state index is 12.3. The Labute approximate surface area is 64.6 Å². The van der Waals surface area contributed by atoms with Crippen LogP contribution in [0.25, 0.3) is 0 Å². The molecule has 1 aromatic rings. The van der Waals surface area contributed by atoms with E-state index in [1.54, 1.807) is 0 Å². The van der Waals surface area contributed by atoms with Crippen LogP contribution >= 0.6 is 0 Å². The molecular weight excluding hydrogens is 141 g/mol. The zero-order valence-corrected chi connectivity index (χ0v) is 5.84. The van der Waals surface area contributed by atoms with Crippen LogP contribution in [0.3, 0.4) is 0 Å². The molecule has 1 heterocycles. The maximum atomic E-state index is 12.3. The lowest BCUT2D eigenvalue weighted by Crippen LogP contribution is -1.81. The highest BCUT2D eigenvalue weighted by atomic mass is 19.1. The first kappa shape index (κ1) is 7.49. The molecule has 0 saturated heterocycles. The third kappa shape index (κ3) is 2.23. The van der Waals surface area contributed by atoms with Gasteiger partial charge in [0.2, 0.25) is 0 Å². The molecule has 0 saturated carbocycles. The van der Waals surface area contributed by atoms with Gasteiger partial charge in [-0.1, -0.05) is 12.5 Å². The lowest BCUT2D eigenvalue weighted by molar-refractivity contribution is 0.621. The van der Waals surface area contributed by atoms with Crippen LogP contribution in [0.2, 0.25) is 0 Å². The van der Waals surface area contributed by atoms with Gasteiger partial charge in [-0.25, -0.2) is 9.37 Å². The molecule has 1 rings (SSSR count). The fourth-order valence-corrected chi connectivity index (χ4v) is 0.575. The Kier molecular flexibility index (Phi) is 2.40. The largest absolute Gasteiger partial charge is 0.245 e. The first-order valence-corrected chi connectivity index (χ1v) is 3.07. The summed E-state index contributed by atoms with van der Waals surface area (Å²) >= 11 is 0. The predicted molar refractivity (Wildman–Crippen MR) is 41.3 cm³/mol. The van der Waals surface area contributed by atoms with Crippen LogP contribution in [-0.4, -0.2) is 4.98 Å². The van der Waals surface area contributed by atoms with Crippen molar-refractivity contribution in [3.05, 3.63) is 42.5 Å². The molecule has 0 unspecified atom stereocenters. The van der Waals surface area contributed by atoms with Crippen LogP contribution in [-0.2, 0) is 0 Å². The first-order chi connectivity index (χ1) is 5.33. The quantitative estimate of drug-likeness (QED) is 0.509. The average Bonchev–Trinajstić information content (AvgIpc) is 2.04. The van der Waals surface area contributed by atoms with Crippen molar-refractivity contribution in [2.45, 2.75) is 0 Å². The molecule has 0 N–H and O–H groups in total. The summed E-state index contributed by atoms with van der Waals surface area (Å²) < 4.78 is 12.3. The van der Waals surface area contributed by atoms with E-state index in [0.717, 1.165) is 6.20 Å². The van der Waals surface area contributed by atoms with Gasteiger partial charge in [-0.3, -0.25) is 0 Å².